The van der Waals surface area contributed by atoms with Crippen LogP contribution in [-0.4, -0.2) is 69.5 Å². The number of ketones is 1. The molecule has 7 nitrogen and oxygen atoms in total. The number of ether oxygens (including phenoxy) is 1. The van der Waals surface area contributed by atoms with Crippen LogP contribution in [0, 0.1) is 46.3 Å². The van der Waals surface area contributed by atoms with E-state index in [-0.39, 0.29) is 22.8 Å². The number of fused-ring (bicyclic) bond motifs is 5. The highest BCUT2D eigenvalue weighted by Gasteiger charge is 2.61. The van der Waals surface area contributed by atoms with Crippen molar-refractivity contribution in [2.75, 3.05) is 6.61 Å². The maximum absolute atomic E-state index is 13.9. The van der Waals surface area contributed by atoms with Gasteiger partial charge in [-0.05, 0) is 91.4 Å². The number of carbonyl (C=O) groups excluding carboxylic acids is 1. The smallest absolute Gasteiger partial charge is 0.159 e. The molecule has 7 heteroatoms. The van der Waals surface area contributed by atoms with Crippen molar-refractivity contribution in [3.63, 3.8) is 0 Å². The van der Waals surface area contributed by atoms with Gasteiger partial charge in [-0.25, -0.2) is 0 Å². The zero-order valence-corrected chi connectivity index (χ0v) is 25.4. The molecule has 0 spiro atoms. The van der Waals surface area contributed by atoms with E-state index < -0.39 is 37.3 Å². The molecule has 0 amide bonds. The minimum atomic E-state index is -1.39. The number of allylic oxidation sites excluding steroid dienone is 1. The summed E-state index contributed by atoms with van der Waals surface area (Å²) < 4.78 is 5.72. The molecule has 0 aromatic rings. The molecular weight excluding hydrogens is 506 g/mol. The van der Waals surface area contributed by atoms with Gasteiger partial charge in [-0.3, -0.25) is 10.1 Å². The van der Waals surface area contributed by atoms with Crippen LogP contribution in [-0.2, 0) is 9.53 Å². The van der Waals surface area contributed by atoms with E-state index in [4.69, 9.17) is 4.74 Å². The van der Waals surface area contributed by atoms with Crippen LogP contribution in [0.2, 0.25) is 0 Å². The van der Waals surface area contributed by atoms with Crippen molar-refractivity contribution in [3.05, 3.63) is 11.6 Å². The normalized spacial score (nSPS) is 47.9. The Morgan fingerprint density at radius 1 is 0.975 bits per heavy atom. The zero-order chi connectivity index (χ0) is 29.0. The first-order chi connectivity index (χ1) is 18.9. The molecule has 3 saturated carbocycles. The summed E-state index contributed by atoms with van der Waals surface area (Å²) >= 11 is 0. The molecule has 4 aliphatic carbocycles. The van der Waals surface area contributed by atoms with Crippen LogP contribution in [0.5, 0.6) is 0 Å². The molecule has 5 aliphatic rings. The lowest BCUT2D eigenvalue weighted by atomic mass is 9.46. The molecule has 40 heavy (non-hydrogen) atoms. The molecule has 5 rings (SSSR count). The molecule has 0 radical (unpaired) electrons. The minimum absolute atomic E-state index is 0.00837. The number of hydrogen-bond donors (Lipinski definition) is 5. The van der Waals surface area contributed by atoms with Crippen LogP contribution in [0.15, 0.2) is 11.6 Å². The van der Waals surface area contributed by atoms with E-state index in [9.17, 15) is 25.2 Å². The molecule has 0 unspecified atom stereocenters. The summed E-state index contributed by atoms with van der Waals surface area (Å²) in [5.41, 5.74) is 1.49. The van der Waals surface area contributed by atoms with E-state index in [1.54, 1.807) is 0 Å². The van der Waals surface area contributed by atoms with Gasteiger partial charge in [0.25, 0.3) is 0 Å². The van der Waals surface area contributed by atoms with Gasteiger partial charge in [-0.15, -0.1) is 0 Å². The molecular formula is C33H55NO6. The summed E-state index contributed by atoms with van der Waals surface area (Å²) in [7, 11) is 0. The fourth-order valence-electron chi connectivity index (χ4n) is 10.0. The number of nitrogens with one attached hydrogen (secondary N) is 1. The molecule has 0 aromatic carbocycles. The van der Waals surface area contributed by atoms with Gasteiger partial charge >= 0.3 is 0 Å². The Balaban J connectivity index is 1.28. The van der Waals surface area contributed by atoms with Crippen molar-refractivity contribution in [3.8, 4) is 0 Å². The molecule has 1 saturated heterocycles. The Bertz CT molecular complexity index is 951. The van der Waals surface area contributed by atoms with E-state index in [0.717, 1.165) is 37.0 Å². The van der Waals surface area contributed by atoms with Crippen molar-refractivity contribution in [1.29, 1.82) is 0 Å². The quantitative estimate of drug-likeness (QED) is 0.304. The highest BCUT2D eigenvalue weighted by molar-refractivity contribution is 5.94. The number of aliphatic hydroxyl groups is 4. The molecule has 0 bridgehead atoms. The minimum Gasteiger partial charge on any atom is -0.394 e. The zero-order valence-electron chi connectivity index (χ0n) is 25.4. The van der Waals surface area contributed by atoms with E-state index in [1.165, 1.54) is 44.1 Å². The first-order valence-corrected chi connectivity index (χ1v) is 16.2. The predicted octanol–water partition coefficient (Wildman–Crippen LogP) is 3.96. The van der Waals surface area contributed by atoms with Gasteiger partial charge < -0.3 is 25.2 Å². The third-order valence-corrected chi connectivity index (χ3v) is 12.4. The van der Waals surface area contributed by atoms with Crippen LogP contribution < -0.4 is 5.32 Å². The van der Waals surface area contributed by atoms with E-state index in [0.29, 0.717) is 24.0 Å². The standard InChI is InChI=1S/C33H55NO6/c1-18(2)7-6-8-19(3)22-9-10-23-27-24(12-14-33(22,23)5)32(4)13-11-21(15-20(32)16-25(27)36)34-31-30(39)29(38)28(37)26(17-35)40-31/h16,18-19,21-24,26-31,34-35,37-39H,6-15,17H2,1-5H3/t19-,21+,22-,23+,24+,26-,27+,28-,29-,30+,31+,32+,33-/m1/s1. The van der Waals surface area contributed by atoms with Crippen molar-refractivity contribution in [2.45, 2.75) is 136 Å². The van der Waals surface area contributed by atoms with Gasteiger partial charge in [0.15, 0.2) is 5.78 Å². The van der Waals surface area contributed by atoms with Crippen molar-refractivity contribution >= 4 is 5.78 Å². The van der Waals surface area contributed by atoms with E-state index in [1.807, 2.05) is 6.08 Å². The lowest BCUT2D eigenvalue weighted by Crippen LogP contribution is -2.64. The molecule has 228 valence electrons. The largest absolute Gasteiger partial charge is 0.394 e. The highest BCUT2D eigenvalue weighted by Crippen LogP contribution is 2.66. The maximum Gasteiger partial charge on any atom is 0.159 e. The Morgan fingerprint density at radius 2 is 1.73 bits per heavy atom. The first-order valence-electron chi connectivity index (χ1n) is 16.2. The summed E-state index contributed by atoms with van der Waals surface area (Å²) in [5, 5.41) is 43.8. The fourth-order valence-corrected chi connectivity index (χ4v) is 10.0. The second-order valence-electron chi connectivity index (χ2n) is 15.1. The average molecular weight is 562 g/mol. The Morgan fingerprint density at radius 3 is 2.42 bits per heavy atom. The molecule has 4 fully saturated rings. The fraction of sp³-hybridized carbons (Fsp3) is 0.909. The Kier molecular flexibility index (Phi) is 8.95. The van der Waals surface area contributed by atoms with Gasteiger partial charge in [0.2, 0.25) is 0 Å². The summed E-state index contributed by atoms with van der Waals surface area (Å²) in [6, 6.07) is -0.0125. The lowest BCUT2D eigenvalue weighted by molar-refractivity contribution is -0.238. The molecule has 1 heterocycles. The second-order valence-corrected chi connectivity index (χ2v) is 15.1. The summed E-state index contributed by atoms with van der Waals surface area (Å²) in [4.78, 5) is 13.9. The molecule has 5 N–H and O–H groups in total. The summed E-state index contributed by atoms with van der Waals surface area (Å²) in [6.07, 6.45) is 7.40. The SMILES string of the molecule is CC(C)CCC[C@@H](C)[C@H]1CC[C@H]2[C@@H]3C(=O)C=C4C[C@@H](N[C@H]5O[C@H](CO)[C@@H](O)[C@@H](O)[C@@H]5O)CC[C@]4(C)[C@H]3CC[C@]12C. The van der Waals surface area contributed by atoms with Crippen molar-refractivity contribution in [1.82, 2.24) is 5.32 Å². The predicted molar refractivity (Wildman–Crippen MR) is 154 cm³/mol. The maximum atomic E-state index is 13.9. The number of aliphatic hydroxyl groups excluding tert-OH is 4. The molecule has 13 atom stereocenters. The Hall–Kier alpha value is -0.830. The third-order valence-electron chi connectivity index (χ3n) is 12.4. The number of rotatable bonds is 8. The van der Waals surface area contributed by atoms with Crippen LogP contribution in [0.3, 0.4) is 0 Å². The topological polar surface area (TPSA) is 119 Å². The van der Waals surface area contributed by atoms with Crippen molar-refractivity contribution < 1.29 is 30.0 Å². The molecule has 0 aromatic heterocycles. The lowest BCUT2D eigenvalue weighted by Gasteiger charge is -2.58. The first kappa shape index (κ1) is 30.6. The van der Waals surface area contributed by atoms with Crippen LogP contribution in [0.4, 0.5) is 0 Å². The number of carbonyl (C=O) groups is 1. The van der Waals surface area contributed by atoms with Gasteiger partial charge in [0.1, 0.15) is 30.6 Å². The summed E-state index contributed by atoms with van der Waals surface area (Å²) in [6.45, 7) is 11.6. The highest BCUT2D eigenvalue weighted by atomic mass is 16.6. The van der Waals surface area contributed by atoms with Gasteiger partial charge in [0.05, 0.1) is 6.61 Å². The van der Waals surface area contributed by atoms with Crippen LogP contribution in [0.25, 0.3) is 0 Å². The van der Waals surface area contributed by atoms with Gasteiger partial charge in [-0.2, -0.15) is 0 Å². The van der Waals surface area contributed by atoms with Gasteiger partial charge in [-0.1, -0.05) is 59.5 Å². The van der Waals surface area contributed by atoms with Gasteiger partial charge in [0, 0.05) is 12.0 Å². The Labute approximate surface area is 241 Å². The van der Waals surface area contributed by atoms with Crippen molar-refractivity contribution in [2.24, 2.45) is 46.3 Å². The van der Waals surface area contributed by atoms with Crippen LogP contribution in [0.1, 0.15) is 98.8 Å². The van der Waals surface area contributed by atoms with E-state index >= 15 is 0 Å². The number of hydrogen-bond acceptors (Lipinski definition) is 7. The average Bonchev–Trinajstić information content (AvgIpc) is 3.26. The second kappa shape index (κ2) is 11.7. The third kappa shape index (κ3) is 5.26. The molecule has 1 aliphatic heterocycles. The monoisotopic (exact) mass is 561 g/mol. The van der Waals surface area contributed by atoms with Crippen LogP contribution >= 0.6 is 0 Å². The van der Waals surface area contributed by atoms with E-state index in [2.05, 4.69) is 39.9 Å². The summed E-state index contributed by atoms with van der Waals surface area (Å²) in [5.74, 6) is 3.53.